The van der Waals surface area contributed by atoms with E-state index < -0.39 is 54.1 Å². The molecule has 0 saturated carbocycles. The number of hydrogen-bond acceptors (Lipinski definition) is 5. The Kier molecular flexibility index (Phi) is 7.64. The van der Waals surface area contributed by atoms with Crippen molar-refractivity contribution in [2.45, 2.75) is 0 Å². The predicted molar refractivity (Wildman–Crippen MR) is 111 cm³/mol. The van der Waals surface area contributed by atoms with Crippen LogP contribution in [0.2, 0.25) is 0 Å². The number of nitrogens with one attached hydrogen (secondary N) is 2. The van der Waals surface area contributed by atoms with Crippen molar-refractivity contribution in [2.75, 3.05) is 18.5 Å². The first-order valence-corrected chi connectivity index (χ1v) is 9.53. The van der Waals surface area contributed by atoms with Crippen molar-refractivity contribution in [2.24, 2.45) is 0 Å². The van der Waals surface area contributed by atoms with Crippen molar-refractivity contribution in [1.29, 1.82) is 0 Å². The molecule has 170 valence electrons. The zero-order valence-corrected chi connectivity index (χ0v) is 16.9. The van der Waals surface area contributed by atoms with Gasteiger partial charge in [0.25, 0.3) is 11.8 Å². The Morgan fingerprint density at radius 2 is 1.45 bits per heavy atom. The lowest BCUT2D eigenvalue weighted by Gasteiger charge is -2.09. The molecule has 0 radical (unpaired) electrons. The lowest BCUT2D eigenvalue weighted by atomic mass is 10.2. The van der Waals surface area contributed by atoms with Gasteiger partial charge < -0.3 is 20.1 Å². The molecule has 0 unspecified atom stereocenters. The van der Waals surface area contributed by atoms with Crippen LogP contribution in [-0.2, 0) is 14.3 Å². The fraction of sp³-hybridized carbons (Fsp3) is 0.0870. The number of carbonyl (C=O) groups excluding carboxylic acids is 3. The van der Waals surface area contributed by atoms with E-state index in [-0.39, 0.29) is 5.56 Å². The van der Waals surface area contributed by atoms with Gasteiger partial charge in [-0.05, 0) is 48.5 Å². The minimum Gasteiger partial charge on any atom is -0.457 e. The van der Waals surface area contributed by atoms with Crippen LogP contribution in [0.15, 0.2) is 66.7 Å². The molecule has 0 saturated heterocycles. The van der Waals surface area contributed by atoms with E-state index in [4.69, 9.17) is 4.74 Å². The Bertz CT molecular complexity index is 1150. The van der Waals surface area contributed by atoms with E-state index in [0.29, 0.717) is 17.6 Å². The maximum absolute atomic E-state index is 13.5. The molecule has 0 spiro atoms. The number of rotatable bonds is 8. The summed E-state index contributed by atoms with van der Waals surface area (Å²) in [5.41, 5.74) is -0.349. The van der Waals surface area contributed by atoms with Crippen molar-refractivity contribution >= 4 is 23.5 Å². The Labute approximate surface area is 186 Å². The van der Waals surface area contributed by atoms with Crippen LogP contribution in [0.25, 0.3) is 0 Å². The molecule has 10 heteroatoms. The number of carbonyl (C=O) groups is 3. The molecule has 33 heavy (non-hydrogen) atoms. The molecule has 0 aliphatic heterocycles. The van der Waals surface area contributed by atoms with Gasteiger partial charge in [-0.3, -0.25) is 14.4 Å². The van der Waals surface area contributed by atoms with E-state index in [2.05, 4.69) is 10.1 Å². The maximum Gasteiger partial charge on any atom is 0.325 e. The van der Waals surface area contributed by atoms with Gasteiger partial charge in [0.05, 0.1) is 5.69 Å². The van der Waals surface area contributed by atoms with E-state index in [1.54, 1.807) is 24.3 Å². The first kappa shape index (κ1) is 23.3. The van der Waals surface area contributed by atoms with Crippen molar-refractivity contribution in [3.8, 4) is 11.5 Å². The van der Waals surface area contributed by atoms with E-state index in [0.717, 1.165) is 6.07 Å². The first-order chi connectivity index (χ1) is 15.8. The summed E-state index contributed by atoms with van der Waals surface area (Å²) in [5, 5.41) is 4.28. The highest BCUT2D eigenvalue weighted by Gasteiger charge is 2.16. The zero-order valence-electron chi connectivity index (χ0n) is 16.9. The second-order valence-electron chi connectivity index (χ2n) is 6.55. The summed E-state index contributed by atoms with van der Waals surface area (Å²) in [4.78, 5) is 35.6. The molecule has 0 bridgehead atoms. The fourth-order valence-corrected chi connectivity index (χ4v) is 2.56. The molecule has 3 rings (SSSR count). The minimum absolute atomic E-state index is 0.259. The van der Waals surface area contributed by atoms with Crippen LogP contribution in [0.1, 0.15) is 10.4 Å². The zero-order chi connectivity index (χ0) is 23.8. The third-order valence-corrected chi connectivity index (χ3v) is 4.16. The molecule has 3 aromatic carbocycles. The Balaban J connectivity index is 1.42. The lowest BCUT2D eigenvalue weighted by Crippen LogP contribution is -2.32. The molecule has 2 amide bonds. The maximum atomic E-state index is 13.5. The highest BCUT2D eigenvalue weighted by atomic mass is 19.2. The molecular formula is C23H17F3N2O5. The van der Waals surface area contributed by atoms with Gasteiger partial charge in [0.1, 0.15) is 18.0 Å². The molecule has 2 N–H and O–H groups in total. The fourth-order valence-electron chi connectivity index (χ4n) is 2.56. The standard InChI is InChI=1S/C23H17F3N2O5/c24-17-10-11-18(22(26)21(17)25)28-19(29)13-32-20(30)12-27-23(31)14-6-8-16(9-7-14)33-15-4-2-1-3-5-15/h1-11H,12-13H2,(H,27,31)(H,28,29). The smallest absolute Gasteiger partial charge is 0.325 e. The minimum atomic E-state index is -1.74. The predicted octanol–water partition coefficient (Wildman–Crippen LogP) is 3.81. The number of hydrogen-bond donors (Lipinski definition) is 2. The number of halogens is 3. The topological polar surface area (TPSA) is 93.7 Å². The molecule has 0 atom stereocenters. The van der Waals surface area contributed by atoms with Gasteiger partial charge in [-0.1, -0.05) is 18.2 Å². The van der Waals surface area contributed by atoms with E-state index in [9.17, 15) is 27.6 Å². The van der Waals surface area contributed by atoms with Crippen LogP contribution in [0.4, 0.5) is 18.9 Å². The summed E-state index contributed by atoms with van der Waals surface area (Å²) in [6.07, 6.45) is 0. The van der Waals surface area contributed by atoms with Crippen LogP contribution in [0, 0.1) is 17.5 Å². The van der Waals surface area contributed by atoms with Gasteiger partial charge in [0.15, 0.2) is 24.1 Å². The van der Waals surface area contributed by atoms with Crippen LogP contribution >= 0.6 is 0 Å². The van der Waals surface area contributed by atoms with Gasteiger partial charge >= 0.3 is 5.97 Å². The molecule has 7 nitrogen and oxygen atoms in total. The summed E-state index contributed by atoms with van der Waals surface area (Å²) >= 11 is 0. The summed E-state index contributed by atoms with van der Waals surface area (Å²) in [7, 11) is 0. The quantitative estimate of drug-likeness (QED) is 0.396. The molecule has 0 heterocycles. The highest BCUT2D eigenvalue weighted by Crippen LogP contribution is 2.21. The van der Waals surface area contributed by atoms with Crippen LogP contribution in [-0.4, -0.2) is 30.9 Å². The van der Waals surface area contributed by atoms with Crippen molar-refractivity contribution in [3.63, 3.8) is 0 Å². The van der Waals surface area contributed by atoms with E-state index >= 15 is 0 Å². The molecule has 0 aromatic heterocycles. The number of benzene rings is 3. The average Bonchev–Trinajstić information content (AvgIpc) is 2.82. The van der Waals surface area contributed by atoms with E-state index in [1.165, 1.54) is 12.1 Å². The molecular weight excluding hydrogens is 441 g/mol. The number of ether oxygens (including phenoxy) is 2. The second kappa shape index (κ2) is 10.8. The largest absolute Gasteiger partial charge is 0.457 e. The number of amides is 2. The number of esters is 1. The van der Waals surface area contributed by atoms with Crippen LogP contribution < -0.4 is 15.4 Å². The van der Waals surface area contributed by atoms with Gasteiger partial charge in [0.2, 0.25) is 0 Å². The molecule has 0 aliphatic rings. The summed E-state index contributed by atoms with van der Waals surface area (Å²) < 4.78 is 49.9. The van der Waals surface area contributed by atoms with Gasteiger partial charge in [-0.25, -0.2) is 13.2 Å². The second-order valence-corrected chi connectivity index (χ2v) is 6.55. The number of para-hydroxylation sites is 1. The van der Waals surface area contributed by atoms with Gasteiger partial charge in [0, 0.05) is 5.56 Å². The Hall–Kier alpha value is -4.34. The normalized spacial score (nSPS) is 10.3. The summed E-state index contributed by atoms with van der Waals surface area (Å²) in [6, 6.07) is 16.7. The van der Waals surface area contributed by atoms with Crippen LogP contribution in [0.3, 0.4) is 0 Å². The third-order valence-electron chi connectivity index (χ3n) is 4.16. The summed E-state index contributed by atoms with van der Waals surface area (Å²) in [5.74, 6) is -6.07. The Morgan fingerprint density at radius 3 is 2.15 bits per heavy atom. The van der Waals surface area contributed by atoms with Gasteiger partial charge in [-0.15, -0.1) is 0 Å². The Morgan fingerprint density at radius 1 is 0.788 bits per heavy atom. The highest BCUT2D eigenvalue weighted by molar-refractivity contribution is 5.96. The van der Waals surface area contributed by atoms with Crippen molar-refractivity contribution < 1.29 is 37.0 Å². The summed E-state index contributed by atoms with van der Waals surface area (Å²) in [6.45, 7) is -1.35. The molecule has 0 aliphatic carbocycles. The SMILES string of the molecule is O=C(COC(=O)CNC(=O)c1ccc(Oc2ccccc2)cc1)Nc1ccc(F)c(F)c1F. The van der Waals surface area contributed by atoms with Crippen molar-refractivity contribution in [1.82, 2.24) is 5.32 Å². The van der Waals surface area contributed by atoms with Crippen molar-refractivity contribution in [3.05, 3.63) is 89.7 Å². The monoisotopic (exact) mass is 458 g/mol. The number of anilines is 1. The van der Waals surface area contributed by atoms with Crippen LogP contribution in [0.5, 0.6) is 11.5 Å². The molecule has 3 aromatic rings. The van der Waals surface area contributed by atoms with Gasteiger partial charge in [-0.2, -0.15) is 0 Å². The third kappa shape index (κ3) is 6.57. The van der Waals surface area contributed by atoms with E-state index in [1.807, 2.05) is 23.5 Å². The lowest BCUT2D eigenvalue weighted by molar-refractivity contribution is -0.146. The molecule has 0 fully saturated rings. The first-order valence-electron chi connectivity index (χ1n) is 9.53. The average molecular weight is 458 g/mol.